The van der Waals surface area contributed by atoms with E-state index in [1.54, 1.807) is 0 Å². The van der Waals surface area contributed by atoms with Crippen LogP contribution in [0.3, 0.4) is 0 Å². The van der Waals surface area contributed by atoms with E-state index in [0.717, 1.165) is 37.1 Å². The van der Waals surface area contributed by atoms with E-state index in [0.29, 0.717) is 30.5 Å². The number of hydrogen-bond acceptors (Lipinski definition) is 3. The number of hydrogen-bond donors (Lipinski definition) is 2. The van der Waals surface area contributed by atoms with Gasteiger partial charge in [-0.2, -0.15) is 0 Å². The van der Waals surface area contributed by atoms with Crippen LogP contribution < -0.4 is 10.6 Å². The van der Waals surface area contributed by atoms with Crippen molar-refractivity contribution in [3.05, 3.63) is 47.0 Å². The van der Waals surface area contributed by atoms with Crippen molar-refractivity contribution in [1.82, 2.24) is 25.4 Å². The lowest BCUT2D eigenvalue weighted by molar-refractivity contribution is 0.369. The predicted octanol–water partition coefficient (Wildman–Crippen LogP) is 3.36. The Labute approximate surface area is 181 Å². The SMILES string of the molecule is CCNC(=NCC1CCc2nnc(C)n2C1)NC(C)c1ccc(F)cc1F.I. The van der Waals surface area contributed by atoms with Crippen molar-refractivity contribution in [1.29, 1.82) is 0 Å². The van der Waals surface area contributed by atoms with Crippen LogP contribution in [0.25, 0.3) is 0 Å². The lowest BCUT2D eigenvalue weighted by Gasteiger charge is -2.23. The van der Waals surface area contributed by atoms with Gasteiger partial charge in [0.15, 0.2) is 5.96 Å². The van der Waals surface area contributed by atoms with E-state index in [2.05, 4.69) is 30.4 Å². The van der Waals surface area contributed by atoms with E-state index in [9.17, 15) is 8.78 Å². The summed E-state index contributed by atoms with van der Waals surface area (Å²) in [6.07, 6.45) is 1.92. The fraction of sp³-hybridized carbons (Fsp3) is 0.526. The molecule has 154 valence electrons. The number of rotatable bonds is 5. The zero-order valence-corrected chi connectivity index (χ0v) is 18.7. The molecule has 2 aromatic rings. The summed E-state index contributed by atoms with van der Waals surface area (Å²) in [6, 6.07) is 3.30. The molecular weight excluding hydrogens is 477 g/mol. The van der Waals surface area contributed by atoms with Gasteiger partial charge in [-0.25, -0.2) is 8.78 Å². The van der Waals surface area contributed by atoms with E-state index in [1.165, 1.54) is 12.1 Å². The summed E-state index contributed by atoms with van der Waals surface area (Å²) < 4.78 is 29.3. The van der Waals surface area contributed by atoms with Gasteiger partial charge in [0, 0.05) is 37.7 Å². The number of fused-ring (bicyclic) bond motifs is 1. The van der Waals surface area contributed by atoms with E-state index in [1.807, 2.05) is 20.8 Å². The van der Waals surface area contributed by atoms with Gasteiger partial charge in [0.2, 0.25) is 0 Å². The standard InChI is InChI=1S/C19H26F2N6.HI/c1-4-22-19(24-12(2)16-7-6-15(20)9-17(16)21)23-10-14-5-8-18-26-25-13(3)27(18)11-14;/h6-7,9,12,14H,4-5,8,10-11H2,1-3H3,(H2,22,23,24);1H. The lowest BCUT2D eigenvalue weighted by atomic mass is 9.99. The summed E-state index contributed by atoms with van der Waals surface area (Å²) in [5.41, 5.74) is 0.407. The van der Waals surface area contributed by atoms with Crippen molar-refractivity contribution < 1.29 is 8.78 Å². The van der Waals surface area contributed by atoms with Crippen LogP contribution in [-0.4, -0.2) is 33.8 Å². The third-order valence-corrected chi connectivity index (χ3v) is 4.86. The van der Waals surface area contributed by atoms with Crippen molar-refractivity contribution in [2.75, 3.05) is 13.1 Å². The van der Waals surface area contributed by atoms with Gasteiger partial charge in [-0.1, -0.05) is 6.07 Å². The second kappa shape index (κ2) is 10.1. The molecule has 0 amide bonds. The Kier molecular flexibility index (Phi) is 8.14. The van der Waals surface area contributed by atoms with Crippen LogP contribution in [0.4, 0.5) is 8.78 Å². The van der Waals surface area contributed by atoms with Gasteiger partial charge >= 0.3 is 0 Å². The molecule has 2 heterocycles. The van der Waals surface area contributed by atoms with E-state index >= 15 is 0 Å². The van der Waals surface area contributed by atoms with Crippen LogP contribution in [0.1, 0.15) is 43.5 Å². The van der Waals surface area contributed by atoms with E-state index in [-0.39, 0.29) is 30.0 Å². The first-order valence-electron chi connectivity index (χ1n) is 9.36. The maximum absolute atomic E-state index is 14.0. The van der Waals surface area contributed by atoms with Gasteiger partial charge in [0.05, 0.1) is 6.04 Å². The maximum Gasteiger partial charge on any atom is 0.191 e. The molecule has 0 saturated carbocycles. The highest BCUT2D eigenvalue weighted by molar-refractivity contribution is 14.0. The molecule has 2 atom stereocenters. The minimum absolute atomic E-state index is 0. The Morgan fingerprint density at radius 1 is 1.36 bits per heavy atom. The van der Waals surface area contributed by atoms with E-state index in [4.69, 9.17) is 0 Å². The second-order valence-corrected chi connectivity index (χ2v) is 6.93. The Morgan fingerprint density at radius 3 is 2.86 bits per heavy atom. The molecule has 3 rings (SSSR count). The molecule has 6 nitrogen and oxygen atoms in total. The Morgan fingerprint density at radius 2 is 2.14 bits per heavy atom. The average Bonchev–Trinajstić information content (AvgIpc) is 3.00. The van der Waals surface area contributed by atoms with Gasteiger partial charge < -0.3 is 15.2 Å². The zero-order chi connectivity index (χ0) is 19.4. The fourth-order valence-corrected chi connectivity index (χ4v) is 3.35. The summed E-state index contributed by atoms with van der Waals surface area (Å²) >= 11 is 0. The van der Waals surface area contributed by atoms with Crippen molar-refractivity contribution >= 4 is 29.9 Å². The van der Waals surface area contributed by atoms with Crippen LogP contribution in [0.2, 0.25) is 0 Å². The molecule has 0 spiro atoms. The molecule has 1 aliphatic rings. The number of guanidine groups is 1. The summed E-state index contributed by atoms with van der Waals surface area (Å²) in [7, 11) is 0. The minimum Gasteiger partial charge on any atom is -0.357 e. The van der Waals surface area contributed by atoms with Crippen LogP contribution >= 0.6 is 24.0 Å². The third-order valence-electron chi connectivity index (χ3n) is 4.86. The molecule has 2 unspecified atom stereocenters. The topological polar surface area (TPSA) is 67.1 Å². The largest absolute Gasteiger partial charge is 0.357 e. The highest BCUT2D eigenvalue weighted by Gasteiger charge is 2.21. The van der Waals surface area contributed by atoms with Crippen LogP contribution in [0.15, 0.2) is 23.2 Å². The second-order valence-electron chi connectivity index (χ2n) is 6.93. The molecule has 0 saturated heterocycles. The molecule has 1 aromatic carbocycles. The summed E-state index contributed by atoms with van der Waals surface area (Å²) in [5.74, 6) is 1.86. The number of benzene rings is 1. The normalized spacial score (nSPS) is 17.5. The van der Waals surface area contributed by atoms with Crippen molar-refractivity contribution in [2.45, 2.75) is 46.2 Å². The van der Waals surface area contributed by atoms with Crippen LogP contribution in [0.5, 0.6) is 0 Å². The molecule has 0 fully saturated rings. The Bertz CT molecular complexity index is 823. The molecule has 1 aliphatic heterocycles. The summed E-state index contributed by atoms with van der Waals surface area (Å²) in [6.45, 7) is 7.99. The first-order chi connectivity index (χ1) is 13.0. The van der Waals surface area contributed by atoms with Gasteiger partial charge in [0.25, 0.3) is 0 Å². The highest BCUT2D eigenvalue weighted by atomic mass is 127. The molecule has 0 radical (unpaired) electrons. The van der Waals surface area contributed by atoms with Crippen molar-refractivity contribution in [3.8, 4) is 0 Å². The molecule has 1 aromatic heterocycles. The van der Waals surface area contributed by atoms with Gasteiger partial charge in [-0.15, -0.1) is 34.2 Å². The van der Waals surface area contributed by atoms with Gasteiger partial charge in [-0.3, -0.25) is 4.99 Å². The van der Waals surface area contributed by atoms with Crippen molar-refractivity contribution in [3.63, 3.8) is 0 Å². The molecule has 9 heteroatoms. The molecule has 2 N–H and O–H groups in total. The molecular formula is C19H27F2IN6. The minimum atomic E-state index is -0.579. The average molecular weight is 504 g/mol. The maximum atomic E-state index is 14.0. The molecule has 0 bridgehead atoms. The zero-order valence-electron chi connectivity index (χ0n) is 16.4. The Balaban J connectivity index is 0.00000280. The monoisotopic (exact) mass is 504 g/mol. The van der Waals surface area contributed by atoms with Crippen LogP contribution in [0, 0.1) is 24.5 Å². The molecule has 0 aliphatic carbocycles. The Hall–Kier alpha value is -1.78. The lowest BCUT2D eigenvalue weighted by Crippen LogP contribution is -2.39. The number of aryl methyl sites for hydroxylation is 2. The first-order valence-corrected chi connectivity index (χ1v) is 9.36. The van der Waals surface area contributed by atoms with Gasteiger partial charge in [0.1, 0.15) is 23.3 Å². The smallest absolute Gasteiger partial charge is 0.191 e. The third kappa shape index (κ3) is 5.39. The number of halogens is 3. The number of nitrogens with zero attached hydrogens (tertiary/aromatic N) is 4. The highest BCUT2D eigenvalue weighted by Crippen LogP contribution is 2.20. The predicted molar refractivity (Wildman–Crippen MR) is 116 cm³/mol. The number of nitrogens with one attached hydrogen (secondary N) is 2. The molecule has 28 heavy (non-hydrogen) atoms. The van der Waals surface area contributed by atoms with Gasteiger partial charge in [-0.05, 0) is 39.2 Å². The number of aromatic nitrogens is 3. The van der Waals surface area contributed by atoms with E-state index < -0.39 is 11.6 Å². The van der Waals surface area contributed by atoms with Crippen molar-refractivity contribution in [2.24, 2.45) is 10.9 Å². The fourth-order valence-electron chi connectivity index (χ4n) is 3.35. The summed E-state index contributed by atoms with van der Waals surface area (Å²) in [5, 5.41) is 14.7. The van der Waals surface area contributed by atoms with Crippen LogP contribution in [-0.2, 0) is 13.0 Å². The quantitative estimate of drug-likeness (QED) is 0.373. The number of aliphatic imine (C=N–C) groups is 1. The first kappa shape index (κ1) is 22.5. The summed E-state index contributed by atoms with van der Waals surface area (Å²) in [4.78, 5) is 4.68.